The van der Waals surface area contributed by atoms with E-state index < -0.39 is 0 Å². The molecular weight excluding hydrogens is 376 g/mol. The van der Waals surface area contributed by atoms with Crippen molar-refractivity contribution < 1.29 is 4.79 Å². The number of piperazine rings is 1. The van der Waals surface area contributed by atoms with Crippen LogP contribution in [0.15, 0.2) is 41.2 Å². The third-order valence-electron chi connectivity index (χ3n) is 6.14. The minimum Gasteiger partial charge on any atom is -0.365 e. The minimum absolute atomic E-state index is 0.00413. The lowest BCUT2D eigenvalue weighted by Crippen LogP contribution is -2.54. The van der Waals surface area contributed by atoms with E-state index in [-0.39, 0.29) is 23.2 Å². The van der Waals surface area contributed by atoms with Gasteiger partial charge in [-0.3, -0.25) is 9.59 Å². The molecule has 0 saturated carbocycles. The van der Waals surface area contributed by atoms with E-state index in [1.165, 1.54) is 15.8 Å². The average Bonchev–Trinajstić information content (AvgIpc) is 2.71. The number of benzene rings is 2. The van der Waals surface area contributed by atoms with E-state index in [0.717, 1.165) is 23.2 Å². The van der Waals surface area contributed by atoms with E-state index in [0.29, 0.717) is 18.6 Å². The van der Waals surface area contributed by atoms with Crippen LogP contribution in [-0.4, -0.2) is 46.0 Å². The number of anilines is 1. The zero-order chi connectivity index (χ0) is 21.6. The summed E-state index contributed by atoms with van der Waals surface area (Å²) in [6.07, 6.45) is 0. The quantitative estimate of drug-likeness (QED) is 0.658. The molecule has 0 unspecified atom stereocenters. The summed E-state index contributed by atoms with van der Waals surface area (Å²) < 4.78 is 1.54. The summed E-state index contributed by atoms with van der Waals surface area (Å²) in [5.41, 5.74) is 5.65. The van der Waals surface area contributed by atoms with Gasteiger partial charge in [0.1, 0.15) is 0 Å². The van der Waals surface area contributed by atoms with E-state index in [1.807, 2.05) is 26.0 Å². The van der Waals surface area contributed by atoms with Crippen molar-refractivity contribution in [2.75, 3.05) is 24.5 Å². The Morgan fingerprint density at radius 3 is 2.50 bits per heavy atom. The summed E-state index contributed by atoms with van der Waals surface area (Å²) in [5, 5.41) is 0. The number of rotatable bonds is 2. The van der Waals surface area contributed by atoms with Gasteiger partial charge in [0.25, 0.3) is 11.5 Å². The highest BCUT2D eigenvalue weighted by Gasteiger charge is 2.30. The molecule has 1 atom stereocenters. The van der Waals surface area contributed by atoms with E-state index in [1.54, 1.807) is 11.9 Å². The molecule has 4 rings (SSSR count). The molecule has 0 radical (unpaired) electrons. The smallest absolute Gasteiger partial charge is 0.282 e. The Morgan fingerprint density at radius 1 is 1.07 bits per heavy atom. The number of carbonyl (C=O) groups is 1. The molecule has 0 aliphatic carbocycles. The standard InChI is InChI=1S/C24H28N4O2/c1-15-7-6-8-19(11-15)28-10-9-27(14-18(28)4)24(30)22-23(29)26(5)21-13-17(3)16(2)12-20(21)25-22/h6-8,11-13,18H,9-10,14H2,1-5H3/t18-/m0/s1. The number of hydrogen-bond donors (Lipinski definition) is 0. The van der Waals surface area contributed by atoms with Crippen LogP contribution in [0.2, 0.25) is 0 Å². The van der Waals surface area contributed by atoms with Crippen LogP contribution in [0.3, 0.4) is 0 Å². The molecule has 0 spiro atoms. The molecule has 1 aliphatic rings. The molecule has 2 aromatic carbocycles. The number of hydrogen-bond acceptors (Lipinski definition) is 4. The van der Waals surface area contributed by atoms with E-state index >= 15 is 0 Å². The van der Waals surface area contributed by atoms with Crippen LogP contribution in [0.5, 0.6) is 0 Å². The van der Waals surface area contributed by atoms with Gasteiger partial charge in [-0.15, -0.1) is 0 Å². The van der Waals surface area contributed by atoms with Gasteiger partial charge in [-0.1, -0.05) is 12.1 Å². The molecular formula is C24H28N4O2. The Morgan fingerprint density at radius 2 is 1.80 bits per heavy atom. The molecule has 1 aromatic heterocycles. The summed E-state index contributed by atoms with van der Waals surface area (Å²) in [6.45, 7) is 10.1. The number of aromatic nitrogens is 2. The minimum atomic E-state index is -0.343. The highest BCUT2D eigenvalue weighted by atomic mass is 16.2. The number of amides is 1. The van der Waals surface area contributed by atoms with Gasteiger partial charge in [0.05, 0.1) is 11.0 Å². The van der Waals surface area contributed by atoms with Crippen molar-refractivity contribution in [3.63, 3.8) is 0 Å². The largest absolute Gasteiger partial charge is 0.365 e. The van der Waals surface area contributed by atoms with Crippen LogP contribution in [0, 0.1) is 20.8 Å². The molecule has 1 amide bonds. The Kier molecular flexibility index (Phi) is 5.10. The summed E-state index contributed by atoms with van der Waals surface area (Å²) in [7, 11) is 1.70. The van der Waals surface area contributed by atoms with Crippen molar-refractivity contribution in [3.05, 3.63) is 69.1 Å². The Labute approximate surface area is 176 Å². The molecule has 0 bridgehead atoms. The molecule has 2 heterocycles. The molecule has 3 aromatic rings. The van der Waals surface area contributed by atoms with Gasteiger partial charge in [0, 0.05) is 38.4 Å². The van der Waals surface area contributed by atoms with E-state index in [9.17, 15) is 9.59 Å². The molecule has 0 N–H and O–H groups in total. The van der Waals surface area contributed by atoms with Crippen LogP contribution in [0.1, 0.15) is 34.1 Å². The normalized spacial score (nSPS) is 16.9. The van der Waals surface area contributed by atoms with Gasteiger partial charge in [-0.05, 0) is 68.7 Å². The fraction of sp³-hybridized carbons (Fsp3) is 0.375. The highest BCUT2D eigenvalue weighted by molar-refractivity contribution is 5.94. The van der Waals surface area contributed by atoms with Gasteiger partial charge in [-0.2, -0.15) is 0 Å². The zero-order valence-electron chi connectivity index (χ0n) is 18.3. The first kappa shape index (κ1) is 20.1. The van der Waals surface area contributed by atoms with E-state index in [2.05, 4.69) is 48.0 Å². The molecule has 1 aliphatic heterocycles. The zero-order valence-corrected chi connectivity index (χ0v) is 18.3. The monoisotopic (exact) mass is 404 g/mol. The van der Waals surface area contributed by atoms with Crippen LogP contribution >= 0.6 is 0 Å². The van der Waals surface area contributed by atoms with Crippen molar-refractivity contribution in [3.8, 4) is 0 Å². The van der Waals surface area contributed by atoms with Crippen LogP contribution in [0.25, 0.3) is 11.0 Å². The van der Waals surface area contributed by atoms with Gasteiger partial charge in [-0.25, -0.2) is 4.98 Å². The predicted octanol–water partition coefficient (Wildman–Crippen LogP) is 3.21. The van der Waals surface area contributed by atoms with Gasteiger partial charge < -0.3 is 14.4 Å². The van der Waals surface area contributed by atoms with E-state index in [4.69, 9.17) is 0 Å². The van der Waals surface area contributed by atoms with Crippen molar-refractivity contribution in [1.82, 2.24) is 14.5 Å². The number of aryl methyl sites for hydroxylation is 4. The van der Waals surface area contributed by atoms with Crippen molar-refractivity contribution in [2.45, 2.75) is 33.7 Å². The lowest BCUT2D eigenvalue weighted by atomic mass is 10.1. The number of nitrogens with zero attached hydrogens (tertiary/aromatic N) is 4. The fourth-order valence-corrected chi connectivity index (χ4v) is 4.20. The first-order valence-electron chi connectivity index (χ1n) is 10.4. The SMILES string of the molecule is Cc1cccc(N2CCN(C(=O)c3nc4cc(C)c(C)cc4n(C)c3=O)C[C@@H]2C)c1. The van der Waals surface area contributed by atoms with Crippen molar-refractivity contribution >= 4 is 22.6 Å². The second-order valence-electron chi connectivity index (χ2n) is 8.38. The Hall–Kier alpha value is -3.15. The molecule has 6 heteroatoms. The van der Waals surface area contributed by atoms with Crippen molar-refractivity contribution in [1.29, 1.82) is 0 Å². The first-order chi connectivity index (χ1) is 14.3. The lowest BCUT2D eigenvalue weighted by molar-refractivity contribution is 0.0718. The van der Waals surface area contributed by atoms with Gasteiger partial charge in [0.2, 0.25) is 0 Å². The maximum absolute atomic E-state index is 13.2. The average molecular weight is 405 g/mol. The molecule has 1 saturated heterocycles. The third kappa shape index (κ3) is 3.47. The first-order valence-corrected chi connectivity index (χ1v) is 10.4. The predicted molar refractivity (Wildman–Crippen MR) is 120 cm³/mol. The number of carbonyl (C=O) groups excluding carboxylic acids is 1. The van der Waals surface area contributed by atoms with Gasteiger partial charge >= 0.3 is 0 Å². The molecule has 156 valence electrons. The maximum atomic E-state index is 13.2. The summed E-state index contributed by atoms with van der Waals surface area (Å²) >= 11 is 0. The Bertz CT molecular complexity index is 1200. The molecule has 30 heavy (non-hydrogen) atoms. The second-order valence-corrected chi connectivity index (χ2v) is 8.38. The maximum Gasteiger partial charge on any atom is 0.282 e. The lowest BCUT2D eigenvalue weighted by Gasteiger charge is -2.41. The van der Waals surface area contributed by atoms with Crippen molar-refractivity contribution in [2.24, 2.45) is 7.05 Å². The summed E-state index contributed by atoms with van der Waals surface area (Å²) in [5.74, 6) is -0.286. The molecule has 6 nitrogen and oxygen atoms in total. The summed E-state index contributed by atoms with van der Waals surface area (Å²) in [4.78, 5) is 34.7. The van der Waals surface area contributed by atoms with Gasteiger partial charge in [0.15, 0.2) is 5.69 Å². The fourth-order valence-electron chi connectivity index (χ4n) is 4.20. The third-order valence-corrected chi connectivity index (χ3v) is 6.14. The topological polar surface area (TPSA) is 58.4 Å². The van der Waals surface area contributed by atoms with Crippen LogP contribution in [0.4, 0.5) is 5.69 Å². The van der Waals surface area contributed by atoms with Crippen LogP contribution in [-0.2, 0) is 7.05 Å². The second kappa shape index (κ2) is 7.59. The summed E-state index contributed by atoms with van der Waals surface area (Å²) in [6, 6.07) is 12.5. The number of fused-ring (bicyclic) bond motifs is 1. The molecule has 1 fully saturated rings. The Balaban J connectivity index is 1.63. The van der Waals surface area contributed by atoms with Crippen LogP contribution < -0.4 is 10.5 Å². The highest BCUT2D eigenvalue weighted by Crippen LogP contribution is 2.22.